The molecule has 2 N–H and O–H groups in total. The van der Waals surface area contributed by atoms with Crippen molar-refractivity contribution in [1.82, 2.24) is 0 Å². The van der Waals surface area contributed by atoms with E-state index in [4.69, 9.17) is 9.84 Å². The van der Waals surface area contributed by atoms with Crippen molar-refractivity contribution in [2.45, 2.75) is 44.1 Å². The molecule has 1 saturated carbocycles. The normalized spacial score (nSPS) is 22.6. The van der Waals surface area contributed by atoms with E-state index in [1.807, 2.05) is 0 Å². The van der Waals surface area contributed by atoms with Crippen molar-refractivity contribution in [3.05, 3.63) is 29.8 Å². The fourth-order valence-corrected chi connectivity index (χ4v) is 3.55. The van der Waals surface area contributed by atoms with Gasteiger partial charge in [-0.2, -0.15) is 0 Å². The van der Waals surface area contributed by atoms with Gasteiger partial charge in [-0.3, -0.25) is 9.59 Å². The molecule has 1 aliphatic carbocycles. The summed E-state index contributed by atoms with van der Waals surface area (Å²) in [5, 5.41) is 11.7. The average molecular weight is 317 g/mol. The molecule has 122 valence electrons. The molecule has 1 heterocycles. The highest BCUT2D eigenvalue weighted by Gasteiger charge is 2.52. The molecule has 0 bridgehead atoms. The highest BCUT2D eigenvalue weighted by atomic mass is 16.6. The number of amides is 1. The molecular weight excluding hydrogens is 298 g/mol. The number of esters is 1. The largest absolute Gasteiger partial charge is 0.478 e. The van der Waals surface area contributed by atoms with Crippen LogP contribution in [0.4, 0.5) is 5.69 Å². The predicted molar refractivity (Wildman–Crippen MR) is 82.0 cm³/mol. The van der Waals surface area contributed by atoms with E-state index in [2.05, 4.69) is 5.32 Å². The van der Waals surface area contributed by atoms with E-state index >= 15 is 0 Å². The van der Waals surface area contributed by atoms with E-state index in [1.54, 1.807) is 12.1 Å². The Labute approximate surface area is 133 Å². The van der Waals surface area contributed by atoms with Crippen LogP contribution in [0, 0.1) is 5.92 Å². The first-order valence-electron chi connectivity index (χ1n) is 7.86. The highest BCUT2D eigenvalue weighted by Crippen LogP contribution is 2.44. The Morgan fingerprint density at radius 3 is 2.39 bits per heavy atom. The summed E-state index contributed by atoms with van der Waals surface area (Å²) in [5.41, 5.74) is 0.0249. The molecule has 1 spiro atoms. The van der Waals surface area contributed by atoms with Gasteiger partial charge in [0.1, 0.15) is 5.60 Å². The predicted octanol–water partition coefficient (Wildman–Crippen LogP) is 2.59. The lowest BCUT2D eigenvalue weighted by Gasteiger charge is -2.36. The zero-order valence-electron chi connectivity index (χ0n) is 12.7. The molecule has 2 fully saturated rings. The molecule has 0 radical (unpaired) electrons. The second-order valence-corrected chi connectivity index (χ2v) is 6.23. The second-order valence-electron chi connectivity index (χ2n) is 6.23. The Morgan fingerprint density at radius 2 is 1.78 bits per heavy atom. The second kappa shape index (κ2) is 6.02. The van der Waals surface area contributed by atoms with Gasteiger partial charge in [0.05, 0.1) is 17.9 Å². The van der Waals surface area contributed by atoms with Crippen LogP contribution in [0.25, 0.3) is 0 Å². The van der Waals surface area contributed by atoms with Gasteiger partial charge in [0, 0.05) is 5.69 Å². The zero-order valence-corrected chi connectivity index (χ0v) is 12.7. The lowest BCUT2D eigenvalue weighted by atomic mass is 9.75. The van der Waals surface area contributed by atoms with Crippen molar-refractivity contribution in [2.24, 2.45) is 5.92 Å². The van der Waals surface area contributed by atoms with Gasteiger partial charge < -0.3 is 15.2 Å². The van der Waals surface area contributed by atoms with Crippen LogP contribution >= 0.6 is 0 Å². The number of aromatic carboxylic acids is 1. The molecule has 6 heteroatoms. The molecule has 1 aliphatic heterocycles. The minimum atomic E-state index is -1.01. The number of rotatable bonds is 3. The first kappa shape index (κ1) is 15.5. The van der Waals surface area contributed by atoms with Crippen LogP contribution in [0.5, 0.6) is 0 Å². The monoisotopic (exact) mass is 317 g/mol. The number of hydrogen-bond donors (Lipinski definition) is 2. The molecular formula is C17H19NO5. The van der Waals surface area contributed by atoms with Gasteiger partial charge in [0.15, 0.2) is 0 Å². The lowest BCUT2D eigenvalue weighted by Crippen LogP contribution is -2.43. The molecule has 0 aromatic heterocycles. The maximum Gasteiger partial charge on any atom is 0.335 e. The van der Waals surface area contributed by atoms with Crippen LogP contribution in [-0.4, -0.2) is 28.6 Å². The summed E-state index contributed by atoms with van der Waals surface area (Å²) in [7, 11) is 0. The number of ether oxygens (including phenoxy) is 1. The smallest absolute Gasteiger partial charge is 0.335 e. The van der Waals surface area contributed by atoms with Crippen molar-refractivity contribution in [3.8, 4) is 0 Å². The fourth-order valence-electron chi connectivity index (χ4n) is 3.55. The summed E-state index contributed by atoms with van der Waals surface area (Å²) in [5.74, 6) is -2.04. The number of carbonyl (C=O) groups is 3. The van der Waals surface area contributed by atoms with Gasteiger partial charge in [-0.1, -0.05) is 6.42 Å². The van der Waals surface area contributed by atoms with E-state index in [0.717, 1.165) is 32.1 Å². The van der Waals surface area contributed by atoms with Crippen molar-refractivity contribution < 1.29 is 24.2 Å². The highest BCUT2D eigenvalue weighted by molar-refractivity contribution is 5.97. The molecule has 1 atom stereocenters. The van der Waals surface area contributed by atoms with Crippen molar-refractivity contribution in [2.75, 3.05) is 5.32 Å². The van der Waals surface area contributed by atoms with Gasteiger partial charge in [-0.25, -0.2) is 4.79 Å². The quantitative estimate of drug-likeness (QED) is 0.836. The van der Waals surface area contributed by atoms with Crippen LogP contribution in [0.1, 0.15) is 48.9 Å². The van der Waals surface area contributed by atoms with Crippen molar-refractivity contribution >= 4 is 23.5 Å². The third kappa shape index (κ3) is 3.06. The van der Waals surface area contributed by atoms with Crippen molar-refractivity contribution in [1.29, 1.82) is 0 Å². The Hall–Kier alpha value is -2.37. The fraction of sp³-hybridized carbons (Fsp3) is 0.471. The van der Waals surface area contributed by atoms with Gasteiger partial charge >= 0.3 is 11.9 Å². The van der Waals surface area contributed by atoms with Gasteiger partial charge in [-0.15, -0.1) is 0 Å². The molecule has 1 saturated heterocycles. The summed E-state index contributed by atoms with van der Waals surface area (Å²) in [6.45, 7) is 0. The zero-order chi connectivity index (χ0) is 16.4. The third-order valence-electron chi connectivity index (χ3n) is 4.74. The minimum absolute atomic E-state index is 0.110. The molecule has 1 amide bonds. The van der Waals surface area contributed by atoms with E-state index in [1.165, 1.54) is 12.1 Å². The molecule has 1 aromatic rings. The van der Waals surface area contributed by atoms with E-state index in [9.17, 15) is 14.4 Å². The van der Waals surface area contributed by atoms with Crippen LogP contribution in [0.15, 0.2) is 24.3 Å². The van der Waals surface area contributed by atoms with Crippen LogP contribution < -0.4 is 5.32 Å². The summed E-state index contributed by atoms with van der Waals surface area (Å²) >= 11 is 0. The third-order valence-corrected chi connectivity index (χ3v) is 4.74. The SMILES string of the molecule is O=C1C[C@@H](C(=O)Nc2ccc(C(=O)O)cc2)C2(CCCCC2)O1. The first-order valence-corrected chi connectivity index (χ1v) is 7.86. The van der Waals surface area contributed by atoms with Gasteiger partial charge in [0.25, 0.3) is 0 Å². The number of hydrogen-bond acceptors (Lipinski definition) is 4. The molecule has 23 heavy (non-hydrogen) atoms. The van der Waals surface area contributed by atoms with E-state index in [-0.39, 0.29) is 23.9 Å². The van der Waals surface area contributed by atoms with Crippen LogP contribution in [-0.2, 0) is 14.3 Å². The van der Waals surface area contributed by atoms with Crippen molar-refractivity contribution in [3.63, 3.8) is 0 Å². The number of carboxylic acids is 1. The lowest BCUT2D eigenvalue weighted by molar-refractivity contribution is -0.153. The summed E-state index contributed by atoms with van der Waals surface area (Å²) < 4.78 is 5.53. The Kier molecular flexibility index (Phi) is 4.07. The Morgan fingerprint density at radius 1 is 1.13 bits per heavy atom. The molecule has 0 unspecified atom stereocenters. The Balaban J connectivity index is 1.73. The van der Waals surface area contributed by atoms with E-state index in [0.29, 0.717) is 5.69 Å². The minimum Gasteiger partial charge on any atom is -0.478 e. The summed E-state index contributed by atoms with van der Waals surface area (Å²) in [4.78, 5) is 35.2. The summed E-state index contributed by atoms with van der Waals surface area (Å²) in [6, 6.07) is 5.97. The molecule has 1 aromatic carbocycles. The number of nitrogens with one attached hydrogen (secondary N) is 1. The summed E-state index contributed by atoms with van der Waals surface area (Å²) in [6.07, 6.45) is 4.60. The number of benzene rings is 1. The number of carbonyl (C=O) groups excluding carboxylic acids is 2. The van der Waals surface area contributed by atoms with Crippen LogP contribution in [0.2, 0.25) is 0 Å². The topological polar surface area (TPSA) is 92.7 Å². The maximum atomic E-state index is 12.6. The first-order chi connectivity index (χ1) is 11.0. The molecule has 3 rings (SSSR count). The number of carboxylic acid groups (broad SMARTS) is 1. The van der Waals surface area contributed by atoms with E-state index < -0.39 is 17.5 Å². The molecule has 6 nitrogen and oxygen atoms in total. The van der Waals surface area contributed by atoms with Gasteiger partial charge in [-0.05, 0) is 49.9 Å². The average Bonchev–Trinajstić information content (AvgIpc) is 2.84. The maximum absolute atomic E-state index is 12.6. The Bertz CT molecular complexity index is 631. The molecule has 2 aliphatic rings. The standard InChI is InChI=1S/C17H19NO5/c19-14-10-13(17(23-14)8-2-1-3-9-17)15(20)18-12-6-4-11(5-7-12)16(21)22/h4-7,13H,1-3,8-10H2,(H,18,20)(H,21,22)/t13-/m0/s1. The number of anilines is 1. The van der Waals surface area contributed by atoms with Gasteiger partial charge in [0.2, 0.25) is 5.91 Å². The van der Waals surface area contributed by atoms with Crippen LogP contribution in [0.3, 0.4) is 0 Å².